The fourth-order valence-electron chi connectivity index (χ4n) is 2.35. The number of para-hydroxylation sites is 1. The van der Waals surface area contributed by atoms with Gasteiger partial charge in [0, 0.05) is 6.42 Å². The number of amides is 1. The van der Waals surface area contributed by atoms with Crippen LogP contribution in [0, 0.1) is 11.6 Å². The van der Waals surface area contributed by atoms with Gasteiger partial charge in [-0.3, -0.25) is 9.59 Å². The maximum atomic E-state index is 13.6. The van der Waals surface area contributed by atoms with Gasteiger partial charge in [0.15, 0.2) is 23.2 Å². The number of carbonyl (C=O) groups is 3. The van der Waals surface area contributed by atoms with Crippen molar-refractivity contribution in [3.8, 4) is 5.75 Å². The predicted octanol–water partition coefficient (Wildman–Crippen LogP) is 3.07. The van der Waals surface area contributed by atoms with Gasteiger partial charge in [-0.25, -0.2) is 13.6 Å². The van der Waals surface area contributed by atoms with Crippen LogP contribution in [0.2, 0.25) is 0 Å². The van der Waals surface area contributed by atoms with Gasteiger partial charge in [0.25, 0.3) is 0 Å². The average molecular weight is 407 g/mol. The molecule has 0 bridgehead atoms. The molecule has 0 heterocycles. The van der Waals surface area contributed by atoms with E-state index in [1.54, 1.807) is 30.3 Å². The first-order chi connectivity index (χ1) is 13.9. The number of hydrogen-bond donors (Lipinski definition) is 2. The molecule has 154 valence electrons. The van der Waals surface area contributed by atoms with E-state index in [0.717, 1.165) is 23.8 Å². The van der Waals surface area contributed by atoms with Gasteiger partial charge in [-0.15, -0.1) is 0 Å². The molecule has 29 heavy (non-hydrogen) atoms. The van der Waals surface area contributed by atoms with Gasteiger partial charge < -0.3 is 19.9 Å². The van der Waals surface area contributed by atoms with Crippen molar-refractivity contribution >= 4 is 17.8 Å². The number of aliphatic carboxylic acids is 1. The van der Waals surface area contributed by atoms with Gasteiger partial charge in [-0.2, -0.15) is 0 Å². The summed E-state index contributed by atoms with van der Waals surface area (Å²) in [5.41, 5.74) is 0.717. The molecular formula is C20H19F2NO6. The number of Topliss-reactive ketones (excluding diaryl/α,β-unsaturated/α-hetero) is 1. The van der Waals surface area contributed by atoms with Gasteiger partial charge in [-0.05, 0) is 24.1 Å². The zero-order valence-corrected chi connectivity index (χ0v) is 15.3. The fourth-order valence-corrected chi connectivity index (χ4v) is 2.35. The number of benzene rings is 2. The fraction of sp³-hybridized carbons (Fsp3) is 0.250. The van der Waals surface area contributed by atoms with Crippen LogP contribution in [-0.2, 0) is 20.9 Å². The molecule has 0 fully saturated rings. The summed E-state index contributed by atoms with van der Waals surface area (Å²) in [7, 11) is 0. The summed E-state index contributed by atoms with van der Waals surface area (Å²) < 4.78 is 37.1. The molecule has 1 atom stereocenters. The Kier molecular flexibility index (Phi) is 8.08. The van der Waals surface area contributed by atoms with E-state index in [0.29, 0.717) is 0 Å². The van der Waals surface area contributed by atoms with Gasteiger partial charge in [0.2, 0.25) is 0 Å². The highest BCUT2D eigenvalue weighted by atomic mass is 19.1. The van der Waals surface area contributed by atoms with Crippen LogP contribution in [-0.4, -0.2) is 35.6 Å². The molecule has 2 N–H and O–H groups in total. The van der Waals surface area contributed by atoms with Crippen LogP contribution in [0.3, 0.4) is 0 Å². The Balaban J connectivity index is 1.95. The molecule has 0 aliphatic rings. The zero-order valence-electron chi connectivity index (χ0n) is 15.3. The maximum absolute atomic E-state index is 13.6. The molecule has 0 spiro atoms. The molecule has 1 amide bonds. The predicted molar refractivity (Wildman–Crippen MR) is 97.3 cm³/mol. The smallest absolute Gasteiger partial charge is 0.408 e. The van der Waals surface area contributed by atoms with E-state index in [4.69, 9.17) is 14.6 Å². The first-order valence-corrected chi connectivity index (χ1v) is 8.65. The number of halogens is 2. The van der Waals surface area contributed by atoms with Crippen molar-refractivity contribution in [1.82, 2.24) is 5.32 Å². The van der Waals surface area contributed by atoms with E-state index in [1.807, 2.05) is 0 Å². The lowest BCUT2D eigenvalue weighted by Gasteiger charge is -2.17. The highest BCUT2D eigenvalue weighted by Gasteiger charge is 2.24. The van der Waals surface area contributed by atoms with E-state index in [-0.39, 0.29) is 13.0 Å². The molecule has 2 rings (SSSR count). The van der Waals surface area contributed by atoms with Crippen LogP contribution in [0.5, 0.6) is 5.75 Å². The number of rotatable bonds is 10. The summed E-state index contributed by atoms with van der Waals surface area (Å²) in [4.78, 5) is 35.1. The molecule has 0 aliphatic heterocycles. The summed E-state index contributed by atoms with van der Waals surface area (Å²) in [6.07, 6.45) is -1.59. The SMILES string of the molecule is O=C(O)CC[C@H](NC(=O)OCc1ccccc1)C(=O)COc1c(F)cccc1F. The number of carboxylic acids is 1. The largest absolute Gasteiger partial charge is 0.481 e. The van der Waals surface area contributed by atoms with Crippen LogP contribution in [0.4, 0.5) is 13.6 Å². The Bertz CT molecular complexity index is 839. The summed E-state index contributed by atoms with van der Waals surface area (Å²) in [5.74, 6) is -4.65. The molecule has 0 aromatic heterocycles. The van der Waals surface area contributed by atoms with Crippen LogP contribution < -0.4 is 10.1 Å². The van der Waals surface area contributed by atoms with Crippen molar-refractivity contribution in [2.24, 2.45) is 0 Å². The molecule has 0 unspecified atom stereocenters. The molecule has 9 heteroatoms. The minimum Gasteiger partial charge on any atom is -0.481 e. The van der Waals surface area contributed by atoms with Gasteiger partial charge in [0.05, 0.1) is 6.04 Å². The third-order valence-electron chi connectivity index (χ3n) is 3.82. The lowest BCUT2D eigenvalue weighted by atomic mass is 10.1. The van der Waals surface area contributed by atoms with E-state index in [2.05, 4.69) is 5.32 Å². The molecular weight excluding hydrogens is 388 g/mol. The number of nitrogens with one attached hydrogen (secondary N) is 1. The Hall–Kier alpha value is -3.49. The second kappa shape index (κ2) is 10.7. The topological polar surface area (TPSA) is 102 Å². The second-order valence-corrected chi connectivity index (χ2v) is 6.00. The van der Waals surface area contributed by atoms with E-state index >= 15 is 0 Å². The third-order valence-corrected chi connectivity index (χ3v) is 3.82. The zero-order chi connectivity index (χ0) is 21.2. The van der Waals surface area contributed by atoms with Crippen LogP contribution >= 0.6 is 0 Å². The van der Waals surface area contributed by atoms with Crippen LogP contribution in [0.25, 0.3) is 0 Å². The van der Waals surface area contributed by atoms with E-state index in [1.165, 1.54) is 0 Å². The number of ketones is 1. The molecule has 0 aliphatic carbocycles. The average Bonchev–Trinajstić information content (AvgIpc) is 2.69. The number of hydrogen-bond acceptors (Lipinski definition) is 5. The van der Waals surface area contributed by atoms with Crippen molar-refractivity contribution in [3.05, 3.63) is 65.7 Å². The van der Waals surface area contributed by atoms with E-state index in [9.17, 15) is 23.2 Å². The summed E-state index contributed by atoms with van der Waals surface area (Å²) in [6, 6.07) is 10.6. The minimum absolute atomic E-state index is 0.0521. The van der Waals surface area contributed by atoms with Crippen molar-refractivity contribution in [2.45, 2.75) is 25.5 Å². The molecule has 0 radical (unpaired) electrons. The Morgan fingerprint density at radius 2 is 1.66 bits per heavy atom. The number of carbonyl (C=O) groups excluding carboxylic acids is 2. The first kappa shape index (κ1) is 21.8. The summed E-state index contributed by atoms with van der Waals surface area (Å²) >= 11 is 0. The highest BCUT2D eigenvalue weighted by molar-refractivity contribution is 5.89. The van der Waals surface area contributed by atoms with Gasteiger partial charge in [0.1, 0.15) is 13.2 Å². The van der Waals surface area contributed by atoms with Crippen molar-refractivity contribution in [3.63, 3.8) is 0 Å². The lowest BCUT2D eigenvalue weighted by molar-refractivity contribution is -0.137. The Labute approximate surface area is 165 Å². The Morgan fingerprint density at radius 3 is 2.28 bits per heavy atom. The van der Waals surface area contributed by atoms with Crippen LogP contribution in [0.15, 0.2) is 48.5 Å². The third kappa shape index (κ3) is 7.21. The molecule has 2 aromatic carbocycles. The normalized spacial score (nSPS) is 11.4. The molecule has 0 saturated carbocycles. The number of alkyl carbamates (subject to hydrolysis) is 1. The lowest BCUT2D eigenvalue weighted by Crippen LogP contribution is -2.43. The monoisotopic (exact) mass is 407 g/mol. The van der Waals surface area contributed by atoms with Gasteiger partial charge in [-0.1, -0.05) is 36.4 Å². The quantitative estimate of drug-likeness (QED) is 0.628. The molecule has 7 nitrogen and oxygen atoms in total. The molecule has 0 saturated heterocycles. The highest BCUT2D eigenvalue weighted by Crippen LogP contribution is 2.20. The summed E-state index contributed by atoms with van der Waals surface area (Å²) in [5, 5.41) is 11.1. The molecule has 2 aromatic rings. The van der Waals surface area contributed by atoms with Crippen molar-refractivity contribution in [1.29, 1.82) is 0 Å². The number of ether oxygens (including phenoxy) is 2. The van der Waals surface area contributed by atoms with Gasteiger partial charge >= 0.3 is 12.1 Å². The standard InChI is InChI=1S/C20H19F2NO6/c21-14-7-4-8-15(22)19(14)28-12-17(24)16(9-10-18(25)26)23-20(27)29-11-13-5-2-1-3-6-13/h1-8,16H,9-12H2,(H,23,27)(H,25,26)/t16-/m0/s1. The van der Waals surface area contributed by atoms with Crippen molar-refractivity contribution < 1.29 is 37.7 Å². The van der Waals surface area contributed by atoms with E-state index < -0.39 is 54.3 Å². The Morgan fingerprint density at radius 1 is 1.00 bits per heavy atom. The van der Waals surface area contributed by atoms with Crippen molar-refractivity contribution in [2.75, 3.05) is 6.61 Å². The van der Waals surface area contributed by atoms with Crippen LogP contribution in [0.1, 0.15) is 18.4 Å². The number of carboxylic acid groups (broad SMARTS) is 1. The first-order valence-electron chi connectivity index (χ1n) is 8.65. The maximum Gasteiger partial charge on any atom is 0.408 e. The second-order valence-electron chi connectivity index (χ2n) is 6.00. The summed E-state index contributed by atoms with van der Waals surface area (Å²) in [6.45, 7) is -0.815. The minimum atomic E-state index is -1.26.